The first-order valence-electron chi connectivity index (χ1n) is 1.13. The van der Waals surface area contributed by atoms with Crippen molar-refractivity contribution in [2.24, 2.45) is 0 Å². The molecule has 2 nitrogen and oxygen atoms in total. The van der Waals surface area contributed by atoms with Crippen molar-refractivity contribution >= 4 is 18.9 Å². The predicted molar refractivity (Wildman–Crippen MR) is 19.9 cm³/mol. The average molecular weight is 69.0 g/mol. The first-order chi connectivity index (χ1) is 1.91. The predicted octanol–water partition coefficient (Wildman–Crippen LogP) is -1.41. The summed E-state index contributed by atoms with van der Waals surface area (Å²) < 4.78 is 0. The van der Waals surface area contributed by atoms with Gasteiger partial charge in [0.2, 0.25) is 0 Å². The SMILES string of the molecule is OCCO.[Li]. The van der Waals surface area contributed by atoms with Crippen molar-refractivity contribution in [3.8, 4) is 0 Å². The summed E-state index contributed by atoms with van der Waals surface area (Å²) in [5.41, 5.74) is 0. The van der Waals surface area contributed by atoms with Gasteiger partial charge in [-0.3, -0.25) is 0 Å². The second-order valence-corrected chi connectivity index (χ2v) is 0.447. The molecule has 0 heterocycles. The van der Waals surface area contributed by atoms with Gasteiger partial charge in [-0.15, -0.1) is 0 Å². The van der Waals surface area contributed by atoms with E-state index in [0.29, 0.717) is 0 Å². The molecule has 0 aliphatic rings. The molecule has 0 atom stereocenters. The topological polar surface area (TPSA) is 40.5 Å². The van der Waals surface area contributed by atoms with Gasteiger partial charge in [-0.05, 0) is 0 Å². The van der Waals surface area contributed by atoms with Gasteiger partial charge in [0.15, 0.2) is 0 Å². The molecule has 0 rings (SSSR count). The van der Waals surface area contributed by atoms with Crippen LogP contribution in [0.1, 0.15) is 0 Å². The molecule has 0 unspecified atom stereocenters. The van der Waals surface area contributed by atoms with Gasteiger partial charge >= 0.3 is 0 Å². The molecule has 0 aromatic carbocycles. The number of aliphatic hydroxyl groups is 2. The van der Waals surface area contributed by atoms with Crippen molar-refractivity contribution < 1.29 is 10.2 Å². The molecule has 0 spiro atoms. The Bertz CT molecular complexity index is 9.61. The fourth-order valence-corrected chi connectivity index (χ4v) is 0. The Kier molecular flexibility index (Phi) is 16.1. The molecule has 27 valence electrons. The van der Waals surface area contributed by atoms with E-state index in [1.165, 1.54) is 0 Å². The first-order valence-corrected chi connectivity index (χ1v) is 1.13. The van der Waals surface area contributed by atoms with Crippen molar-refractivity contribution in [1.29, 1.82) is 0 Å². The Labute approximate surface area is 43.0 Å². The molecule has 0 amide bonds. The molecule has 0 aromatic rings. The van der Waals surface area contributed by atoms with Crippen LogP contribution in [0, 0.1) is 0 Å². The molecule has 0 bridgehead atoms. The normalized spacial score (nSPS) is 6.00. The van der Waals surface area contributed by atoms with Crippen LogP contribution in [0.3, 0.4) is 0 Å². The fraction of sp³-hybridized carbons (Fsp3) is 1.00. The van der Waals surface area contributed by atoms with Gasteiger partial charge in [-0.1, -0.05) is 0 Å². The Morgan fingerprint density at radius 2 is 1.20 bits per heavy atom. The average Bonchev–Trinajstić information content (AvgIpc) is 1.37. The van der Waals surface area contributed by atoms with E-state index in [1.807, 2.05) is 0 Å². The molecule has 3 heteroatoms. The van der Waals surface area contributed by atoms with Gasteiger partial charge in [0.05, 0.1) is 13.2 Å². The fourth-order valence-electron chi connectivity index (χ4n) is 0. The number of hydrogen-bond acceptors (Lipinski definition) is 2. The Morgan fingerprint density at radius 1 is 1.00 bits per heavy atom. The molecule has 1 radical (unpaired) electrons. The largest absolute Gasteiger partial charge is 0.394 e. The van der Waals surface area contributed by atoms with Gasteiger partial charge in [-0.25, -0.2) is 0 Å². The maximum atomic E-state index is 7.62. The van der Waals surface area contributed by atoms with Crippen molar-refractivity contribution in [2.45, 2.75) is 0 Å². The summed E-state index contributed by atoms with van der Waals surface area (Å²) in [4.78, 5) is 0. The minimum absolute atomic E-state index is 0. The molecule has 0 fully saturated rings. The van der Waals surface area contributed by atoms with Crippen molar-refractivity contribution in [3.05, 3.63) is 0 Å². The van der Waals surface area contributed by atoms with Crippen molar-refractivity contribution in [1.82, 2.24) is 0 Å². The maximum absolute atomic E-state index is 7.62. The Hall–Kier alpha value is 0.517. The Balaban J connectivity index is 0. The zero-order chi connectivity index (χ0) is 3.41. The monoisotopic (exact) mass is 69.1 g/mol. The van der Waals surface area contributed by atoms with Crippen molar-refractivity contribution in [3.63, 3.8) is 0 Å². The molecule has 2 N–H and O–H groups in total. The minimum atomic E-state index is -0.125. The summed E-state index contributed by atoms with van der Waals surface area (Å²) in [6.07, 6.45) is 0. The maximum Gasteiger partial charge on any atom is 0.0662 e. The molecule has 0 saturated carbocycles. The van der Waals surface area contributed by atoms with E-state index in [0.717, 1.165) is 0 Å². The summed E-state index contributed by atoms with van der Waals surface area (Å²) in [6.45, 7) is -0.250. The van der Waals surface area contributed by atoms with Crippen LogP contribution in [0.2, 0.25) is 0 Å². The summed E-state index contributed by atoms with van der Waals surface area (Å²) >= 11 is 0. The molecule has 0 aliphatic heterocycles. The zero-order valence-corrected chi connectivity index (χ0v) is 3.31. The van der Waals surface area contributed by atoms with Crippen LogP contribution in [-0.2, 0) is 0 Å². The van der Waals surface area contributed by atoms with E-state index in [2.05, 4.69) is 0 Å². The third kappa shape index (κ3) is 12.4. The quantitative estimate of drug-likeness (QED) is 0.371. The summed E-state index contributed by atoms with van der Waals surface area (Å²) in [7, 11) is 0. The number of hydrogen-bond donors (Lipinski definition) is 2. The molecule has 0 saturated heterocycles. The number of rotatable bonds is 1. The molecular formula is C2H6LiO2. The summed E-state index contributed by atoms with van der Waals surface area (Å²) in [5.74, 6) is 0. The van der Waals surface area contributed by atoms with E-state index >= 15 is 0 Å². The van der Waals surface area contributed by atoms with E-state index in [1.54, 1.807) is 0 Å². The van der Waals surface area contributed by atoms with Crippen LogP contribution in [0.25, 0.3) is 0 Å². The molecule has 0 aliphatic carbocycles. The standard InChI is InChI=1S/C2H6O2.Li/c3-1-2-4;/h3-4H,1-2H2;. The number of aliphatic hydroxyl groups excluding tert-OH is 2. The second-order valence-electron chi connectivity index (χ2n) is 0.447. The van der Waals surface area contributed by atoms with Crippen LogP contribution in [0.4, 0.5) is 0 Å². The van der Waals surface area contributed by atoms with Crippen LogP contribution in [-0.4, -0.2) is 42.3 Å². The third-order valence-electron chi connectivity index (χ3n) is 0.1000. The first kappa shape index (κ1) is 9.10. The minimum Gasteiger partial charge on any atom is -0.394 e. The second kappa shape index (κ2) is 8.82. The molecular weight excluding hydrogens is 63.0 g/mol. The summed E-state index contributed by atoms with van der Waals surface area (Å²) in [5, 5.41) is 15.2. The zero-order valence-electron chi connectivity index (χ0n) is 3.31. The van der Waals surface area contributed by atoms with E-state index < -0.39 is 0 Å². The van der Waals surface area contributed by atoms with Crippen LogP contribution >= 0.6 is 0 Å². The van der Waals surface area contributed by atoms with Gasteiger partial charge in [0, 0.05) is 18.9 Å². The van der Waals surface area contributed by atoms with Crippen LogP contribution < -0.4 is 0 Å². The molecule has 5 heavy (non-hydrogen) atoms. The Morgan fingerprint density at radius 3 is 1.20 bits per heavy atom. The van der Waals surface area contributed by atoms with Gasteiger partial charge in [0.25, 0.3) is 0 Å². The van der Waals surface area contributed by atoms with E-state index in [9.17, 15) is 0 Å². The third-order valence-corrected chi connectivity index (χ3v) is 0.1000. The van der Waals surface area contributed by atoms with Crippen LogP contribution in [0.15, 0.2) is 0 Å². The van der Waals surface area contributed by atoms with E-state index in [-0.39, 0.29) is 32.1 Å². The van der Waals surface area contributed by atoms with E-state index in [4.69, 9.17) is 10.2 Å². The smallest absolute Gasteiger partial charge is 0.0662 e. The molecule has 0 aromatic heterocycles. The summed E-state index contributed by atoms with van der Waals surface area (Å²) in [6, 6.07) is 0. The van der Waals surface area contributed by atoms with Gasteiger partial charge < -0.3 is 10.2 Å². The van der Waals surface area contributed by atoms with Crippen LogP contribution in [0.5, 0.6) is 0 Å². The van der Waals surface area contributed by atoms with Gasteiger partial charge in [-0.2, -0.15) is 0 Å². The van der Waals surface area contributed by atoms with Crippen molar-refractivity contribution in [2.75, 3.05) is 13.2 Å². The van der Waals surface area contributed by atoms with Gasteiger partial charge in [0.1, 0.15) is 0 Å².